The molecule has 57 heavy (non-hydrogen) atoms. The SMILES string of the molecule is c1ccc(-c2nc(-c3ccccc3)nc(-c3ccc4oc5cc(-c6ccc7c(c6)sc6cccc(-n8c9ccccc9c9ccccc98)c67)ccc5c4c3)n2)cc1. The summed E-state index contributed by atoms with van der Waals surface area (Å²) < 4.78 is 11.5. The minimum absolute atomic E-state index is 0.619. The quantitative estimate of drug-likeness (QED) is 0.176. The second kappa shape index (κ2) is 12.6. The molecule has 0 saturated carbocycles. The Bertz CT molecular complexity index is 3420. The van der Waals surface area contributed by atoms with E-state index in [-0.39, 0.29) is 0 Å². The highest BCUT2D eigenvalue weighted by molar-refractivity contribution is 7.26. The molecule has 0 N–H and O–H groups in total. The van der Waals surface area contributed by atoms with Crippen LogP contribution in [0.15, 0.2) is 186 Å². The molecule has 12 rings (SSSR count). The number of nitrogens with zero attached hydrogens (tertiary/aromatic N) is 4. The van der Waals surface area contributed by atoms with Crippen LogP contribution >= 0.6 is 11.3 Å². The van der Waals surface area contributed by atoms with Crippen molar-refractivity contribution in [1.82, 2.24) is 19.5 Å². The van der Waals surface area contributed by atoms with Crippen LogP contribution in [0.5, 0.6) is 0 Å². The molecule has 266 valence electrons. The van der Waals surface area contributed by atoms with Gasteiger partial charge in [0.05, 0.1) is 16.7 Å². The van der Waals surface area contributed by atoms with Gasteiger partial charge in [0.2, 0.25) is 0 Å². The monoisotopic (exact) mass is 746 g/mol. The normalized spacial score (nSPS) is 11.9. The lowest BCUT2D eigenvalue weighted by Crippen LogP contribution is -2.00. The zero-order chi connectivity index (χ0) is 37.5. The molecule has 4 aromatic heterocycles. The maximum absolute atomic E-state index is 6.50. The van der Waals surface area contributed by atoms with Crippen LogP contribution in [0.3, 0.4) is 0 Å². The van der Waals surface area contributed by atoms with E-state index in [9.17, 15) is 0 Å². The molecule has 0 atom stereocenters. The first-order valence-electron chi connectivity index (χ1n) is 19.0. The molecule has 0 unspecified atom stereocenters. The summed E-state index contributed by atoms with van der Waals surface area (Å²) in [5.74, 6) is 1.90. The lowest BCUT2D eigenvalue weighted by molar-refractivity contribution is 0.669. The van der Waals surface area contributed by atoms with Gasteiger partial charge in [-0.15, -0.1) is 11.3 Å². The van der Waals surface area contributed by atoms with Crippen LogP contribution < -0.4 is 0 Å². The fourth-order valence-electron chi connectivity index (χ4n) is 8.39. The van der Waals surface area contributed by atoms with Crippen molar-refractivity contribution in [3.05, 3.63) is 182 Å². The van der Waals surface area contributed by atoms with Gasteiger partial charge in [-0.05, 0) is 71.8 Å². The van der Waals surface area contributed by atoms with Crippen LogP contribution in [0.1, 0.15) is 0 Å². The maximum Gasteiger partial charge on any atom is 0.164 e. The van der Waals surface area contributed by atoms with E-state index in [1.165, 1.54) is 47.7 Å². The number of thiophene rings is 1. The smallest absolute Gasteiger partial charge is 0.164 e. The van der Waals surface area contributed by atoms with Crippen molar-refractivity contribution in [1.29, 1.82) is 0 Å². The van der Waals surface area contributed by atoms with Crippen molar-refractivity contribution < 1.29 is 4.42 Å². The molecule has 5 nitrogen and oxygen atoms in total. The molecule has 0 spiro atoms. The lowest BCUT2D eigenvalue weighted by atomic mass is 10.0. The van der Waals surface area contributed by atoms with Gasteiger partial charge in [-0.25, -0.2) is 15.0 Å². The highest BCUT2D eigenvalue weighted by Gasteiger charge is 2.18. The Morgan fingerprint density at radius 2 is 0.947 bits per heavy atom. The third-order valence-corrected chi connectivity index (χ3v) is 12.2. The Labute approximate surface area is 330 Å². The van der Waals surface area contributed by atoms with E-state index in [1.54, 1.807) is 0 Å². The third-order valence-electron chi connectivity index (χ3n) is 11.1. The molecule has 0 aliphatic carbocycles. The lowest BCUT2D eigenvalue weighted by Gasteiger charge is -2.10. The molecule has 0 fully saturated rings. The van der Waals surface area contributed by atoms with Crippen LogP contribution in [0.2, 0.25) is 0 Å². The van der Waals surface area contributed by atoms with E-state index in [2.05, 4.69) is 114 Å². The molecule has 0 aliphatic heterocycles. The van der Waals surface area contributed by atoms with Gasteiger partial charge in [0.15, 0.2) is 17.5 Å². The van der Waals surface area contributed by atoms with E-state index in [0.29, 0.717) is 17.5 Å². The van der Waals surface area contributed by atoms with Crippen LogP contribution in [0, 0.1) is 0 Å². The molecule has 8 aromatic carbocycles. The van der Waals surface area contributed by atoms with Crippen molar-refractivity contribution in [3.63, 3.8) is 0 Å². The van der Waals surface area contributed by atoms with Gasteiger partial charge < -0.3 is 8.98 Å². The van der Waals surface area contributed by atoms with Gasteiger partial charge >= 0.3 is 0 Å². The van der Waals surface area contributed by atoms with Gasteiger partial charge in [-0.3, -0.25) is 0 Å². The first-order chi connectivity index (χ1) is 28.2. The van der Waals surface area contributed by atoms with Gasteiger partial charge in [-0.2, -0.15) is 0 Å². The minimum atomic E-state index is 0.619. The molecular weight excluding hydrogens is 717 g/mol. The summed E-state index contributed by atoms with van der Waals surface area (Å²) in [6.45, 7) is 0. The molecule has 6 heteroatoms. The number of aromatic nitrogens is 4. The number of para-hydroxylation sites is 2. The van der Waals surface area contributed by atoms with Crippen molar-refractivity contribution in [2.75, 3.05) is 0 Å². The first kappa shape index (κ1) is 31.9. The maximum atomic E-state index is 6.50. The summed E-state index contributed by atoms with van der Waals surface area (Å²) in [6.07, 6.45) is 0. The third kappa shape index (κ3) is 5.12. The van der Waals surface area contributed by atoms with Gasteiger partial charge in [0, 0.05) is 58.4 Å². The Hall–Kier alpha value is -7.41. The standard InChI is InChI=1S/C51H30N4OS/c1-3-12-31(13-4-1)49-52-50(32-14-5-2-6-15-32)54-51(53-49)35-24-27-44-40(28-35)38-25-22-33(29-45(38)56-44)34-23-26-39-47(30-34)57-46-21-11-20-43(48(39)46)55-41-18-9-7-16-36(41)37-17-8-10-19-42(37)55/h1-30H. The van der Waals surface area contributed by atoms with Crippen molar-refractivity contribution in [2.45, 2.75) is 0 Å². The molecule has 0 aliphatic rings. The molecule has 0 amide bonds. The molecule has 12 aromatic rings. The number of rotatable bonds is 5. The highest BCUT2D eigenvalue weighted by Crippen LogP contribution is 2.43. The van der Waals surface area contributed by atoms with Crippen molar-refractivity contribution in [3.8, 4) is 51.0 Å². The Kier molecular flexibility index (Phi) is 7.03. The summed E-state index contributed by atoms with van der Waals surface area (Å²) in [6, 6.07) is 63.8. The number of furan rings is 1. The molecule has 0 bridgehead atoms. The Balaban J connectivity index is 0.948. The van der Waals surface area contributed by atoms with Crippen molar-refractivity contribution in [2.24, 2.45) is 0 Å². The van der Waals surface area contributed by atoms with E-state index in [4.69, 9.17) is 19.4 Å². The zero-order valence-electron chi connectivity index (χ0n) is 30.4. The number of hydrogen-bond donors (Lipinski definition) is 0. The Morgan fingerprint density at radius 1 is 0.368 bits per heavy atom. The average Bonchev–Trinajstić information content (AvgIpc) is 3.95. The number of hydrogen-bond acceptors (Lipinski definition) is 5. The Morgan fingerprint density at radius 3 is 1.63 bits per heavy atom. The van der Waals surface area contributed by atoms with E-state index in [0.717, 1.165) is 49.8 Å². The van der Waals surface area contributed by atoms with Gasteiger partial charge in [-0.1, -0.05) is 121 Å². The number of fused-ring (bicyclic) bond motifs is 9. The summed E-state index contributed by atoms with van der Waals surface area (Å²) >= 11 is 1.85. The molecule has 0 saturated heterocycles. The summed E-state index contributed by atoms with van der Waals surface area (Å²) in [4.78, 5) is 14.8. The van der Waals surface area contributed by atoms with Crippen molar-refractivity contribution >= 4 is 75.3 Å². The second-order valence-corrected chi connectivity index (χ2v) is 15.5. The van der Waals surface area contributed by atoms with E-state index < -0.39 is 0 Å². The van der Waals surface area contributed by atoms with Crippen LogP contribution in [-0.4, -0.2) is 19.5 Å². The van der Waals surface area contributed by atoms with E-state index >= 15 is 0 Å². The topological polar surface area (TPSA) is 56.7 Å². The molecule has 0 radical (unpaired) electrons. The minimum Gasteiger partial charge on any atom is -0.456 e. The van der Waals surface area contributed by atoms with Gasteiger partial charge in [0.25, 0.3) is 0 Å². The molecule has 4 heterocycles. The first-order valence-corrected chi connectivity index (χ1v) is 19.8. The number of benzene rings is 8. The van der Waals surface area contributed by atoms with Gasteiger partial charge in [0.1, 0.15) is 11.2 Å². The average molecular weight is 747 g/mol. The second-order valence-electron chi connectivity index (χ2n) is 14.4. The fourth-order valence-corrected chi connectivity index (χ4v) is 9.55. The predicted octanol–water partition coefficient (Wildman–Crippen LogP) is 13.9. The zero-order valence-corrected chi connectivity index (χ0v) is 31.2. The highest BCUT2D eigenvalue weighted by atomic mass is 32.1. The van der Waals surface area contributed by atoms with Crippen LogP contribution in [0.25, 0.3) is 115 Å². The summed E-state index contributed by atoms with van der Waals surface area (Å²) in [7, 11) is 0. The molecular formula is C51H30N4OS. The predicted molar refractivity (Wildman–Crippen MR) is 236 cm³/mol. The van der Waals surface area contributed by atoms with Crippen LogP contribution in [-0.2, 0) is 0 Å². The fraction of sp³-hybridized carbons (Fsp3) is 0. The van der Waals surface area contributed by atoms with Crippen LogP contribution in [0.4, 0.5) is 0 Å². The summed E-state index contributed by atoms with van der Waals surface area (Å²) in [5.41, 5.74) is 10.4. The summed E-state index contributed by atoms with van der Waals surface area (Å²) in [5, 5.41) is 7.15. The van der Waals surface area contributed by atoms with E-state index in [1.807, 2.05) is 84.1 Å². The largest absolute Gasteiger partial charge is 0.456 e.